The van der Waals surface area contributed by atoms with Crippen LogP contribution in [0.15, 0.2) is 23.7 Å². The first-order chi connectivity index (χ1) is 7.77. The second-order valence-corrected chi connectivity index (χ2v) is 4.88. The first kappa shape index (κ1) is 11.3. The van der Waals surface area contributed by atoms with Crippen molar-refractivity contribution in [1.29, 1.82) is 0 Å². The van der Waals surface area contributed by atoms with Crippen molar-refractivity contribution < 1.29 is 0 Å². The van der Waals surface area contributed by atoms with Crippen molar-refractivity contribution in [3.63, 3.8) is 0 Å². The summed E-state index contributed by atoms with van der Waals surface area (Å²) in [6, 6.07) is 4.28. The van der Waals surface area contributed by atoms with Gasteiger partial charge in [-0.25, -0.2) is 0 Å². The fourth-order valence-electron chi connectivity index (χ4n) is 1.56. The quantitative estimate of drug-likeness (QED) is 0.860. The zero-order valence-electron chi connectivity index (χ0n) is 9.55. The molecule has 0 saturated heterocycles. The van der Waals surface area contributed by atoms with Gasteiger partial charge in [0.05, 0.1) is 11.9 Å². The van der Waals surface area contributed by atoms with E-state index in [9.17, 15) is 0 Å². The van der Waals surface area contributed by atoms with E-state index in [0.717, 1.165) is 18.8 Å². The van der Waals surface area contributed by atoms with Crippen LogP contribution in [0, 0.1) is 0 Å². The zero-order valence-corrected chi connectivity index (χ0v) is 10.4. The maximum absolute atomic E-state index is 3.89. The van der Waals surface area contributed by atoms with Crippen LogP contribution in [0.5, 0.6) is 0 Å². The third-order valence-corrected chi connectivity index (χ3v) is 3.70. The molecule has 0 fully saturated rings. The smallest absolute Gasteiger partial charge is 0.0738 e. The van der Waals surface area contributed by atoms with Crippen molar-refractivity contribution >= 4 is 11.3 Å². The Bertz CT molecular complexity index is 421. The topological polar surface area (TPSA) is 42.7 Å². The molecule has 16 heavy (non-hydrogen) atoms. The highest BCUT2D eigenvalue weighted by Crippen LogP contribution is 2.19. The van der Waals surface area contributed by atoms with E-state index in [0.29, 0.717) is 5.92 Å². The molecule has 0 bridgehead atoms. The summed E-state index contributed by atoms with van der Waals surface area (Å²) in [6.45, 7) is 4.03. The summed E-state index contributed by atoms with van der Waals surface area (Å²) in [7, 11) is 1.91. The van der Waals surface area contributed by atoms with E-state index in [-0.39, 0.29) is 0 Å². The van der Waals surface area contributed by atoms with Gasteiger partial charge in [-0.05, 0) is 11.4 Å². The van der Waals surface area contributed by atoms with Crippen LogP contribution in [-0.2, 0) is 13.6 Å². The van der Waals surface area contributed by atoms with Crippen LogP contribution in [0.2, 0.25) is 0 Å². The highest BCUT2D eigenvalue weighted by atomic mass is 32.1. The molecule has 0 amide bonds. The van der Waals surface area contributed by atoms with Gasteiger partial charge in [0.2, 0.25) is 0 Å². The molecule has 0 saturated carbocycles. The lowest BCUT2D eigenvalue weighted by molar-refractivity contribution is 0.585. The van der Waals surface area contributed by atoms with Crippen molar-refractivity contribution in [3.05, 3.63) is 34.3 Å². The van der Waals surface area contributed by atoms with Crippen molar-refractivity contribution in [1.82, 2.24) is 20.3 Å². The number of rotatable bonds is 5. The van der Waals surface area contributed by atoms with Gasteiger partial charge in [-0.2, -0.15) is 0 Å². The third-order valence-electron chi connectivity index (χ3n) is 2.59. The average molecular weight is 236 g/mol. The molecule has 0 aromatic carbocycles. The van der Waals surface area contributed by atoms with Crippen molar-refractivity contribution in [3.8, 4) is 0 Å². The molecule has 1 atom stereocenters. The van der Waals surface area contributed by atoms with E-state index in [1.807, 2.05) is 18.4 Å². The highest BCUT2D eigenvalue weighted by molar-refractivity contribution is 7.10. The van der Waals surface area contributed by atoms with Gasteiger partial charge in [0.15, 0.2) is 0 Å². The van der Waals surface area contributed by atoms with Gasteiger partial charge >= 0.3 is 0 Å². The molecule has 1 unspecified atom stereocenters. The van der Waals surface area contributed by atoms with Crippen molar-refractivity contribution in [2.75, 3.05) is 6.54 Å². The first-order valence-corrected chi connectivity index (χ1v) is 6.23. The normalized spacial score (nSPS) is 12.9. The first-order valence-electron chi connectivity index (χ1n) is 5.35. The molecule has 0 radical (unpaired) electrons. The minimum atomic E-state index is 0.557. The Morgan fingerprint density at radius 3 is 3.06 bits per heavy atom. The lowest BCUT2D eigenvalue weighted by atomic mass is 10.1. The lowest BCUT2D eigenvalue weighted by Crippen LogP contribution is -2.20. The van der Waals surface area contributed by atoms with Crippen LogP contribution in [0.4, 0.5) is 0 Å². The molecule has 2 rings (SSSR count). The van der Waals surface area contributed by atoms with Gasteiger partial charge < -0.3 is 5.32 Å². The molecule has 86 valence electrons. The summed E-state index contributed by atoms with van der Waals surface area (Å²) < 4.78 is 1.79. The second-order valence-electron chi connectivity index (χ2n) is 3.90. The molecule has 0 aliphatic carbocycles. The van der Waals surface area contributed by atoms with E-state index in [4.69, 9.17) is 0 Å². The van der Waals surface area contributed by atoms with E-state index in [1.54, 1.807) is 10.9 Å². The van der Waals surface area contributed by atoms with Crippen LogP contribution in [0.25, 0.3) is 0 Å². The predicted octanol–water partition coefficient (Wildman–Crippen LogP) is 1.77. The van der Waals surface area contributed by atoms with Gasteiger partial charge in [-0.15, -0.1) is 16.4 Å². The fraction of sp³-hybridized carbons (Fsp3) is 0.455. The third kappa shape index (κ3) is 2.68. The molecule has 0 aliphatic heterocycles. The Labute approximate surface area is 99.3 Å². The van der Waals surface area contributed by atoms with Crippen molar-refractivity contribution in [2.24, 2.45) is 7.05 Å². The summed E-state index contributed by atoms with van der Waals surface area (Å²) in [6.07, 6.45) is 1.79. The standard InChI is InChI=1S/C11H16N4S/c1-9(11-4-3-5-16-11)6-12-7-10-8-13-14-15(10)2/h3-5,8-9,12H,6-7H2,1-2H3. The number of hydrogen-bond acceptors (Lipinski definition) is 4. The van der Waals surface area contributed by atoms with Gasteiger partial charge in [0.1, 0.15) is 0 Å². The van der Waals surface area contributed by atoms with E-state index in [2.05, 4.69) is 40.1 Å². The summed E-state index contributed by atoms with van der Waals surface area (Å²) in [4.78, 5) is 1.43. The minimum Gasteiger partial charge on any atom is -0.310 e. The highest BCUT2D eigenvalue weighted by Gasteiger charge is 2.06. The van der Waals surface area contributed by atoms with Gasteiger partial charge in [-0.1, -0.05) is 18.2 Å². The second kappa shape index (κ2) is 5.23. The Balaban J connectivity index is 1.78. The number of aromatic nitrogens is 3. The fourth-order valence-corrected chi connectivity index (χ4v) is 2.35. The molecular formula is C11H16N4S. The SMILES string of the molecule is CC(CNCc1cnnn1C)c1cccs1. The largest absolute Gasteiger partial charge is 0.310 e. The summed E-state index contributed by atoms with van der Waals surface area (Å²) in [5.41, 5.74) is 1.11. The lowest BCUT2D eigenvalue weighted by Gasteiger charge is -2.10. The number of nitrogens with one attached hydrogen (secondary N) is 1. The number of hydrogen-bond donors (Lipinski definition) is 1. The molecule has 1 N–H and O–H groups in total. The number of thiophene rings is 1. The van der Waals surface area contributed by atoms with Crippen molar-refractivity contribution in [2.45, 2.75) is 19.4 Å². The molecule has 2 aromatic rings. The maximum atomic E-state index is 3.89. The summed E-state index contributed by atoms with van der Waals surface area (Å²) in [5, 5.41) is 13.3. The van der Waals surface area contributed by atoms with Crippen LogP contribution in [0.3, 0.4) is 0 Å². The molecule has 2 heterocycles. The number of nitrogens with zero attached hydrogens (tertiary/aromatic N) is 3. The van der Waals surface area contributed by atoms with Gasteiger partial charge in [0.25, 0.3) is 0 Å². The monoisotopic (exact) mass is 236 g/mol. The van der Waals surface area contributed by atoms with Crippen LogP contribution in [-0.4, -0.2) is 21.5 Å². The van der Waals surface area contributed by atoms with Crippen LogP contribution < -0.4 is 5.32 Å². The Hall–Kier alpha value is -1.20. The summed E-state index contributed by atoms with van der Waals surface area (Å²) in [5.74, 6) is 0.557. The van der Waals surface area contributed by atoms with E-state index in [1.165, 1.54) is 4.88 Å². The zero-order chi connectivity index (χ0) is 11.4. The van der Waals surface area contributed by atoms with E-state index < -0.39 is 0 Å². The molecule has 4 nitrogen and oxygen atoms in total. The molecule has 0 aliphatic rings. The molecule has 5 heteroatoms. The number of aryl methyl sites for hydroxylation is 1. The Morgan fingerprint density at radius 1 is 1.56 bits per heavy atom. The Morgan fingerprint density at radius 2 is 2.44 bits per heavy atom. The minimum absolute atomic E-state index is 0.557. The maximum Gasteiger partial charge on any atom is 0.0738 e. The van der Waals surface area contributed by atoms with Gasteiger partial charge in [0, 0.05) is 30.9 Å². The van der Waals surface area contributed by atoms with Gasteiger partial charge in [-0.3, -0.25) is 4.68 Å². The molecular weight excluding hydrogens is 220 g/mol. The summed E-state index contributed by atoms with van der Waals surface area (Å²) >= 11 is 1.81. The van der Waals surface area contributed by atoms with Crippen LogP contribution in [0.1, 0.15) is 23.4 Å². The Kier molecular flexibility index (Phi) is 3.69. The average Bonchev–Trinajstić information content (AvgIpc) is 2.90. The molecule has 2 aromatic heterocycles. The van der Waals surface area contributed by atoms with Crippen LogP contribution >= 0.6 is 11.3 Å². The predicted molar refractivity (Wildman–Crippen MR) is 65.4 cm³/mol. The van der Waals surface area contributed by atoms with E-state index >= 15 is 0 Å². The molecule has 0 spiro atoms.